The molecule has 1 aliphatic rings. The summed E-state index contributed by atoms with van der Waals surface area (Å²) in [7, 11) is 0. The first kappa shape index (κ1) is 19.7. The van der Waals surface area contributed by atoms with Gasteiger partial charge in [0.2, 0.25) is 5.91 Å². The van der Waals surface area contributed by atoms with Gasteiger partial charge in [-0.3, -0.25) is 4.79 Å². The van der Waals surface area contributed by atoms with Crippen LogP contribution in [-0.2, 0) is 9.53 Å². The maximum atomic E-state index is 11.8. The van der Waals surface area contributed by atoms with Gasteiger partial charge in [0.15, 0.2) is 0 Å². The smallest absolute Gasteiger partial charge is 0.249 e. The Balaban J connectivity index is 1.49. The number of nitrogens with zero attached hydrogens (tertiary/aromatic N) is 2. The van der Waals surface area contributed by atoms with Crippen LogP contribution in [0.3, 0.4) is 0 Å². The summed E-state index contributed by atoms with van der Waals surface area (Å²) in [6.07, 6.45) is 5.29. The van der Waals surface area contributed by atoms with E-state index in [4.69, 9.17) is 10.5 Å². The molecule has 29 heavy (non-hydrogen) atoms. The van der Waals surface area contributed by atoms with Crippen molar-refractivity contribution in [3.63, 3.8) is 0 Å². The Morgan fingerprint density at radius 1 is 1.24 bits per heavy atom. The van der Waals surface area contributed by atoms with E-state index < -0.39 is 5.60 Å². The number of aryl methyl sites for hydroxylation is 1. The molecule has 6 heteroatoms. The van der Waals surface area contributed by atoms with Crippen LogP contribution in [0.15, 0.2) is 70.7 Å². The van der Waals surface area contributed by atoms with Crippen LogP contribution in [-0.4, -0.2) is 27.7 Å². The maximum absolute atomic E-state index is 11.8. The molecule has 0 radical (unpaired) electrons. The number of amides is 1. The average molecular weight is 408 g/mol. The topological polar surface area (TPSA) is 70.1 Å². The third-order valence-corrected chi connectivity index (χ3v) is 6.55. The number of hydrogen-bond donors (Lipinski definition) is 1. The number of rotatable bonds is 5. The van der Waals surface area contributed by atoms with E-state index in [0.717, 1.165) is 17.9 Å². The highest BCUT2D eigenvalue weighted by Crippen LogP contribution is 2.38. The molecule has 3 aromatic rings. The Kier molecular flexibility index (Phi) is 5.48. The number of nitrogens with two attached hydrogens (primary N) is 1. The first-order valence-electron chi connectivity index (χ1n) is 9.77. The van der Waals surface area contributed by atoms with E-state index in [0.29, 0.717) is 13.0 Å². The van der Waals surface area contributed by atoms with Crippen LogP contribution < -0.4 is 5.73 Å². The van der Waals surface area contributed by atoms with E-state index in [1.165, 1.54) is 15.4 Å². The van der Waals surface area contributed by atoms with Crippen molar-refractivity contribution < 1.29 is 9.53 Å². The zero-order valence-electron chi connectivity index (χ0n) is 16.7. The fourth-order valence-corrected chi connectivity index (χ4v) is 4.69. The van der Waals surface area contributed by atoms with Crippen LogP contribution in [0.1, 0.15) is 37.1 Å². The molecule has 1 fully saturated rings. The lowest BCUT2D eigenvalue weighted by molar-refractivity contribution is -0.148. The number of carbonyl (C=O) groups excluding carboxylic acids is 1. The number of aromatic nitrogens is 2. The van der Waals surface area contributed by atoms with Crippen molar-refractivity contribution >= 4 is 17.7 Å². The molecule has 0 bridgehead atoms. The Hall–Kier alpha value is -2.57. The van der Waals surface area contributed by atoms with Gasteiger partial charge in [-0.05, 0) is 74.6 Å². The maximum Gasteiger partial charge on any atom is 0.249 e. The van der Waals surface area contributed by atoms with Gasteiger partial charge in [-0.15, -0.1) is 0 Å². The third kappa shape index (κ3) is 4.23. The zero-order chi connectivity index (χ0) is 20.4. The fourth-order valence-electron chi connectivity index (χ4n) is 3.81. The number of ether oxygens (including phenoxy) is 1. The van der Waals surface area contributed by atoms with Crippen molar-refractivity contribution in [1.29, 1.82) is 0 Å². The molecule has 0 saturated carbocycles. The van der Waals surface area contributed by atoms with Crippen LogP contribution in [0, 0.1) is 6.92 Å². The lowest BCUT2D eigenvalue weighted by atomic mass is 9.82. The average Bonchev–Trinajstić information content (AvgIpc) is 3.15. The quantitative estimate of drug-likeness (QED) is 0.677. The predicted octanol–water partition coefficient (Wildman–Crippen LogP) is 4.47. The predicted molar refractivity (Wildman–Crippen MR) is 114 cm³/mol. The van der Waals surface area contributed by atoms with Crippen molar-refractivity contribution in [1.82, 2.24) is 9.55 Å². The standard InChI is InChI=1S/C23H25N3O2S/c1-16-25-11-12-26(16)19-6-8-20(9-7-19)29-21-5-3-4-17(14-21)18-10-13-28-23(2,15-18)22(24)27/h3-9,11-12,14,18H,10,13,15H2,1-2H3,(H2,24,27). The molecule has 150 valence electrons. The molecule has 1 saturated heterocycles. The molecule has 0 aliphatic carbocycles. The molecule has 2 N–H and O–H groups in total. The minimum Gasteiger partial charge on any atom is -0.367 e. The summed E-state index contributed by atoms with van der Waals surface area (Å²) in [5, 5.41) is 0. The molecule has 1 aromatic heterocycles. The molecule has 1 amide bonds. The molecule has 2 heterocycles. The van der Waals surface area contributed by atoms with E-state index in [2.05, 4.69) is 58.1 Å². The lowest BCUT2D eigenvalue weighted by Crippen LogP contribution is -2.47. The summed E-state index contributed by atoms with van der Waals surface area (Å²) in [6.45, 7) is 4.34. The van der Waals surface area contributed by atoms with Gasteiger partial charge in [0, 0.05) is 34.5 Å². The van der Waals surface area contributed by atoms with Gasteiger partial charge in [0.05, 0.1) is 0 Å². The fraction of sp³-hybridized carbons (Fsp3) is 0.304. The van der Waals surface area contributed by atoms with Crippen molar-refractivity contribution in [2.45, 2.75) is 48.0 Å². The van der Waals surface area contributed by atoms with Gasteiger partial charge in [0.25, 0.3) is 0 Å². The van der Waals surface area contributed by atoms with Crippen molar-refractivity contribution in [3.05, 3.63) is 72.3 Å². The van der Waals surface area contributed by atoms with Crippen LogP contribution in [0.5, 0.6) is 0 Å². The monoisotopic (exact) mass is 407 g/mol. The Morgan fingerprint density at radius 3 is 2.72 bits per heavy atom. The minimum atomic E-state index is -0.882. The number of primary amides is 1. The molecule has 2 aromatic carbocycles. The Labute approximate surface area is 175 Å². The highest BCUT2D eigenvalue weighted by Gasteiger charge is 2.38. The summed E-state index contributed by atoms with van der Waals surface area (Å²) in [5.41, 5.74) is 7.01. The Bertz CT molecular complexity index is 1010. The van der Waals surface area contributed by atoms with Gasteiger partial charge in [0.1, 0.15) is 11.4 Å². The first-order chi connectivity index (χ1) is 13.9. The number of imidazole rings is 1. The van der Waals surface area contributed by atoms with E-state index in [-0.39, 0.29) is 11.8 Å². The molecule has 2 atom stereocenters. The summed E-state index contributed by atoms with van der Waals surface area (Å²) >= 11 is 1.73. The third-order valence-electron chi connectivity index (χ3n) is 5.55. The largest absolute Gasteiger partial charge is 0.367 e. The molecule has 5 nitrogen and oxygen atoms in total. The number of hydrogen-bond acceptors (Lipinski definition) is 4. The van der Waals surface area contributed by atoms with E-state index >= 15 is 0 Å². The van der Waals surface area contributed by atoms with Crippen LogP contribution in [0.4, 0.5) is 0 Å². The summed E-state index contributed by atoms with van der Waals surface area (Å²) in [4.78, 5) is 18.4. The molecule has 0 spiro atoms. The summed E-state index contributed by atoms with van der Waals surface area (Å²) < 4.78 is 7.73. The van der Waals surface area contributed by atoms with Crippen LogP contribution >= 0.6 is 11.8 Å². The van der Waals surface area contributed by atoms with Gasteiger partial charge in [-0.1, -0.05) is 23.9 Å². The van der Waals surface area contributed by atoms with Gasteiger partial charge in [-0.2, -0.15) is 0 Å². The van der Waals surface area contributed by atoms with Crippen molar-refractivity contribution in [3.8, 4) is 5.69 Å². The second-order valence-corrected chi connectivity index (χ2v) is 8.79. The summed E-state index contributed by atoms with van der Waals surface area (Å²) in [5.74, 6) is 0.854. The number of carbonyl (C=O) groups is 1. The molecular weight excluding hydrogens is 382 g/mol. The highest BCUT2D eigenvalue weighted by molar-refractivity contribution is 7.99. The zero-order valence-corrected chi connectivity index (χ0v) is 17.5. The molecular formula is C23H25N3O2S. The lowest BCUT2D eigenvalue weighted by Gasteiger charge is -2.36. The first-order valence-corrected chi connectivity index (χ1v) is 10.6. The summed E-state index contributed by atoms with van der Waals surface area (Å²) in [6, 6.07) is 17.0. The Morgan fingerprint density at radius 2 is 2.03 bits per heavy atom. The van der Waals surface area contributed by atoms with E-state index in [1.807, 2.05) is 19.3 Å². The highest BCUT2D eigenvalue weighted by atomic mass is 32.2. The molecule has 4 rings (SSSR count). The number of benzene rings is 2. The van der Waals surface area contributed by atoms with Crippen LogP contribution in [0.25, 0.3) is 5.69 Å². The van der Waals surface area contributed by atoms with Crippen LogP contribution in [0.2, 0.25) is 0 Å². The van der Waals surface area contributed by atoms with E-state index in [9.17, 15) is 4.79 Å². The van der Waals surface area contributed by atoms with Crippen molar-refractivity contribution in [2.24, 2.45) is 5.73 Å². The normalized spacial score (nSPS) is 21.8. The molecule has 1 aliphatic heterocycles. The van der Waals surface area contributed by atoms with Gasteiger partial charge in [-0.25, -0.2) is 4.98 Å². The minimum absolute atomic E-state index is 0.272. The SMILES string of the molecule is Cc1nccn1-c1ccc(Sc2cccc(C3CCOC(C)(C(N)=O)C3)c2)cc1. The second-order valence-electron chi connectivity index (χ2n) is 7.65. The molecule has 2 unspecified atom stereocenters. The van der Waals surface area contributed by atoms with Gasteiger partial charge < -0.3 is 15.0 Å². The van der Waals surface area contributed by atoms with Crippen molar-refractivity contribution in [2.75, 3.05) is 6.61 Å². The second kappa shape index (κ2) is 8.05. The van der Waals surface area contributed by atoms with E-state index in [1.54, 1.807) is 18.7 Å². The van der Waals surface area contributed by atoms with Gasteiger partial charge >= 0.3 is 0 Å².